The van der Waals surface area contributed by atoms with Gasteiger partial charge in [-0.15, -0.1) is 0 Å². The molecule has 0 aromatic carbocycles. The largest absolute Gasteiger partial charge is 0.393 e. The summed E-state index contributed by atoms with van der Waals surface area (Å²) in [6, 6.07) is 0. The van der Waals surface area contributed by atoms with Crippen LogP contribution in [-0.2, 0) is 0 Å². The second-order valence-electron chi connectivity index (χ2n) is 13.0. The van der Waals surface area contributed by atoms with Gasteiger partial charge >= 0.3 is 0 Å². The molecule has 5 aliphatic carbocycles. The normalized spacial score (nSPS) is 50.1. The zero-order valence-electron chi connectivity index (χ0n) is 19.8. The summed E-state index contributed by atoms with van der Waals surface area (Å²) < 4.78 is 0. The van der Waals surface area contributed by atoms with Crippen LogP contribution in [-0.4, -0.2) is 11.2 Å². The molecular weight excluding hydrogens is 352 g/mol. The highest BCUT2D eigenvalue weighted by molar-refractivity contribution is 5.40. The minimum Gasteiger partial charge on any atom is -0.393 e. The van der Waals surface area contributed by atoms with Crippen molar-refractivity contribution in [2.45, 2.75) is 111 Å². The number of allylic oxidation sites excluding steroid dienone is 2. The summed E-state index contributed by atoms with van der Waals surface area (Å²) in [5, 5.41) is 10.3. The maximum atomic E-state index is 10.3. The molecule has 1 nitrogen and oxygen atoms in total. The minimum absolute atomic E-state index is 0.0124. The van der Waals surface area contributed by atoms with Crippen LogP contribution in [0.1, 0.15) is 105 Å². The lowest BCUT2D eigenvalue weighted by molar-refractivity contribution is 0.0219. The third-order valence-corrected chi connectivity index (χ3v) is 11.6. The van der Waals surface area contributed by atoms with Gasteiger partial charge in [-0.1, -0.05) is 59.1 Å². The Balaban J connectivity index is 1.33. The van der Waals surface area contributed by atoms with E-state index in [1.807, 2.05) is 5.57 Å². The van der Waals surface area contributed by atoms with Gasteiger partial charge in [0, 0.05) is 0 Å². The lowest BCUT2D eigenvalue weighted by atomic mass is 9.53. The van der Waals surface area contributed by atoms with E-state index >= 15 is 0 Å². The van der Waals surface area contributed by atoms with E-state index < -0.39 is 0 Å². The molecule has 9 atom stereocenters. The molecule has 0 heterocycles. The smallest absolute Gasteiger partial charge is 0.0546 e. The Morgan fingerprint density at radius 3 is 2.59 bits per heavy atom. The highest BCUT2D eigenvalue weighted by Crippen LogP contribution is 2.82. The van der Waals surface area contributed by atoms with Gasteiger partial charge in [-0.2, -0.15) is 0 Å². The second-order valence-corrected chi connectivity index (χ2v) is 13.0. The van der Waals surface area contributed by atoms with Crippen molar-refractivity contribution in [1.29, 1.82) is 0 Å². The Bertz CT molecular complexity index is 674. The number of rotatable bonds is 5. The van der Waals surface area contributed by atoms with E-state index in [1.54, 1.807) is 0 Å². The molecule has 5 aliphatic rings. The van der Waals surface area contributed by atoms with Gasteiger partial charge < -0.3 is 5.11 Å². The number of hydrogen-bond acceptors (Lipinski definition) is 1. The summed E-state index contributed by atoms with van der Waals surface area (Å²) in [5.74, 6) is 5.32. The standard InChI is InChI=1S/C28H46O/c1-18(2)19(3)6-7-20(4)23-8-9-24-22-11-14-27-16-21(29)10-15-28(27,17-27)25(22)12-13-26(23,24)5/h12,18-24,29H,6-11,13-17H2,1-5H3/t19-,20+,21-,22-,23+,24-,26+,27+,28-/m0/s1. The van der Waals surface area contributed by atoms with E-state index in [1.165, 1.54) is 57.8 Å². The molecule has 5 rings (SSSR count). The van der Waals surface area contributed by atoms with E-state index in [9.17, 15) is 5.11 Å². The lowest BCUT2D eigenvalue weighted by Gasteiger charge is -2.52. The van der Waals surface area contributed by atoms with Crippen LogP contribution in [0.15, 0.2) is 11.6 Å². The van der Waals surface area contributed by atoms with Crippen molar-refractivity contribution in [1.82, 2.24) is 0 Å². The Kier molecular flexibility index (Phi) is 4.86. The number of fused-ring (bicyclic) bond motifs is 3. The quantitative estimate of drug-likeness (QED) is 0.479. The zero-order valence-corrected chi connectivity index (χ0v) is 19.8. The van der Waals surface area contributed by atoms with Crippen molar-refractivity contribution in [2.75, 3.05) is 0 Å². The molecule has 0 aromatic rings. The molecule has 1 heteroatoms. The summed E-state index contributed by atoms with van der Waals surface area (Å²) in [7, 11) is 0. The summed E-state index contributed by atoms with van der Waals surface area (Å²) in [4.78, 5) is 0. The van der Waals surface area contributed by atoms with E-state index in [-0.39, 0.29) is 6.10 Å². The zero-order chi connectivity index (χ0) is 20.6. The molecule has 0 bridgehead atoms. The van der Waals surface area contributed by atoms with Crippen LogP contribution in [0, 0.1) is 51.8 Å². The van der Waals surface area contributed by atoms with Crippen LogP contribution < -0.4 is 0 Å². The molecule has 164 valence electrons. The first-order valence-corrected chi connectivity index (χ1v) is 13.1. The maximum absolute atomic E-state index is 10.3. The molecule has 0 unspecified atom stereocenters. The highest BCUT2D eigenvalue weighted by atomic mass is 16.3. The summed E-state index contributed by atoms with van der Waals surface area (Å²) in [6.07, 6.45) is 17.6. The van der Waals surface area contributed by atoms with Crippen LogP contribution in [0.4, 0.5) is 0 Å². The Morgan fingerprint density at radius 1 is 1.03 bits per heavy atom. The van der Waals surface area contributed by atoms with Crippen LogP contribution in [0.25, 0.3) is 0 Å². The molecule has 4 saturated carbocycles. The molecular formula is C28H46O. The first kappa shape index (κ1) is 20.6. The van der Waals surface area contributed by atoms with Gasteiger partial charge in [0.15, 0.2) is 0 Å². The van der Waals surface area contributed by atoms with Crippen molar-refractivity contribution < 1.29 is 5.11 Å². The third kappa shape index (κ3) is 2.88. The summed E-state index contributed by atoms with van der Waals surface area (Å²) in [6.45, 7) is 12.5. The van der Waals surface area contributed by atoms with Gasteiger partial charge in [0.2, 0.25) is 0 Å². The van der Waals surface area contributed by atoms with Gasteiger partial charge in [0.1, 0.15) is 0 Å². The molecule has 4 fully saturated rings. The van der Waals surface area contributed by atoms with Gasteiger partial charge in [-0.25, -0.2) is 0 Å². The van der Waals surface area contributed by atoms with Crippen molar-refractivity contribution in [2.24, 2.45) is 51.8 Å². The van der Waals surface area contributed by atoms with Crippen LogP contribution in [0.2, 0.25) is 0 Å². The number of aliphatic hydroxyl groups is 1. The Morgan fingerprint density at radius 2 is 1.83 bits per heavy atom. The molecule has 0 radical (unpaired) electrons. The van der Waals surface area contributed by atoms with Gasteiger partial charge in [0.05, 0.1) is 6.10 Å². The number of hydrogen-bond donors (Lipinski definition) is 1. The van der Waals surface area contributed by atoms with Crippen molar-refractivity contribution in [3.8, 4) is 0 Å². The topological polar surface area (TPSA) is 20.2 Å². The van der Waals surface area contributed by atoms with E-state index in [2.05, 4.69) is 40.7 Å². The van der Waals surface area contributed by atoms with Gasteiger partial charge in [-0.3, -0.25) is 0 Å². The average Bonchev–Trinajstić information content (AvgIpc) is 3.24. The van der Waals surface area contributed by atoms with Crippen LogP contribution in [0.3, 0.4) is 0 Å². The van der Waals surface area contributed by atoms with Gasteiger partial charge in [0.25, 0.3) is 0 Å². The van der Waals surface area contributed by atoms with E-state index in [0.717, 1.165) is 48.3 Å². The predicted octanol–water partition coefficient (Wildman–Crippen LogP) is 7.39. The van der Waals surface area contributed by atoms with Crippen molar-refractivity contribution in [3.63, 3.8) is 0 Å². The van der Waals surface area contributed by atoms with E-state index in [4.69, 9.17) is 0 Å². The van der Waals surface area contributed by atoms with Crippen molar-refractivity contribution >= 4 is 0 Å². The first-order valence-electron chi connectivity index (χ1n) is 13.1. The minimum atomic E-state index is -0.0124. The summed E-state index contributed by atoms with van der Waals surface area (Å²) in [5.41, 5.74) is 3.50. The fourth-order valence-electron chi connectivity index (χ4n) is 9.39. The average molecular weight is 399 g/mol. The van der Waals surface area contributed by atoms with Gasteiger partial charge in [-0.05, 0) is 110 Å². The fourth-order valence-corrected chi connectivity index (χ4v) is 9.39. The first-order chi connectivity index (χ1) is 13.7. The van der Waals surface area contributed by atoms with Crippen molar-refractivity contribution in [3.05, 3.63) is 11.6 Å². The predicted molar refractivity (Wildman–Crippen MR) is 121 cm³/mol. The number of aliphatic hydroxyl groups excluding tert-OH is 1. The molecule has 0 amide bonds. The Labute approximate surface area is 180 Å². The fraction of sp³-hybridized carbons (Fsp3) is 0.929. The molecule has 1 N–H and O–H groups in total. The van der Waals surface area contributed by atoms with Crippen LogP contribution >= 0.6 is 0 Å². The molecule has 0 saturated heterocycles. The van der Waals surface area contributed by atoms with Crippen LogP contribution in [0.5, 0.6) is 0 Å². The molecule has 29 heavy (non-hydrogen) atoms. The summed E-state index contributed by atoms with van der Waals surface area (Å²) >= 11 is 0. The third-order valence-electron chi connectivity index (χ3n) is 11.6. The van der Waals surface area contributed by atoms with E-state index in [0.29, 0.717) is 16.2 Å². The molecule has 0 spiro atoms. The highest BCUT2D eigenvalue weighted by Gasteiger charge is 2.73. The monoisotopic (exact) mass is 398 g/mol. The maximum Gasteiger partial charge on any atom is 0.0546 e. The molecule has 0 aliphatic heterocycles. The lowest BCUT2D eigenvalue weighted by Crippen LogP contribution is -2.44. The second kappa shape index (κ2) is 6.85. The Hall–Kier alpha value is -0.300. The SMILES string of the molecule is CC(C)[C@@H](C)CC[C@@H](C)[C@H]1CC[C@H]2[C@@H]3CC[C@]45C[C@@H](O)CC[C@]4(C5)C3=CC[C@]12C. The molecule has 0 aromatic heterocycles.